The van der Waals surface area contributed by atoms with E-state index < -0.39 is 0 Å². The van der Waals surface area contributed by atoms with E-state index in [-0.39, 0.29) is 0 Å². The molecule has 0 saturated carbocycles. The third-order valence-electron chi connectivity index (χ3n) is 2.32. The van der Waals surface area contributed by atoms with Crippen LogP contribution in [0.5, 0.6) is 0 Å². The maximum absolute atomic E-state index is 8.57. The van der Waals surface area contributed by atoms with Crippen molar-refractivity contribution in [2.45, 2.75) is 58.4 Å². The highest BCUT2D eigenvalue weighted by Gasteiger charge is 1.98. The second-order valence-electron chi connectivity index (χ2n) is 3.78. The van der Waals surface area contributed by atoms with Crippen LogP contribution in [0, 0.1) is 0 Å². The van der Waals surface area contributed by atoms with Crippen LogP contribution in [-0.2, 0) is 0 Å². The lowest BCUT2D eigenvalue weighted by molar-refractivity contribution is 0.282. The highest BCUT2D eigenvalue weighted by molar-refractivity contribution is 4.59. The summed E-state index contributed by atoms with van der Waals surface area (Å²) >= 11 is 0. The quantitative estimate of drug-likeness (QED) is 0.543. The zero-order valence-corrected chi connectivity index (χ0v) is 9.18. The van der Waals surface area contributed by atoms with Crippen molar-refractivity contribution in [1.82, 2.24) is 5.32 Å². The lowest BCUT2D eigenvalue weighted by atomic mass is 10.1. The minimum atomic E-state index is 0.339. The standard InChI is InChI=1S/C11H25NO/c1-3-4-8-11(2)12-9-6-5-7-10-13/h11-13H,3-10H2,1-2H3. The summed E-state index contributed by atoms with van der Waals surface area (Å²) in [6.07, 6.45) is 7.18. The highest BCUT2D eigenvalue weighted by atomic mass is 16.2. The zero-order valence-electron chi connectivity index (χ0n) is 9.18. The third kappa shape index (κ3) is 9.84. The molecule has 0 saturated heterocycles. The van der Waals surface area contributed by atoms with Gasteiger partial charge in [0.15, 0.2) is 0 Å². The summed E-state index contributed by atoms with van der Waals surface area (Å²) in [5.41, 5.74) is 0. The van der Waals surface area contributed by atoms with E-state index in [1.165, 1.54) is 25.7 Å². The molecule has 0 aromatic carbocycles. The Bertz CT molecular complexity index is 96.1. The Kier molecular flexibility index (Phi) is 9.94. The first-order valence-electron chi connectivity index (χ1n) is 5.65. The van der Waals surface area contributed by atoms with E-state index in [0.29, 0.717) is 12.6 Å². The van der Waals surface area contributed by atoms with Gasteiger partial charge in [0.1, 0.15) is 0 Å². The van der Waals surface area contributed by atoms with Gasteiger partial charge in [-0.25, -0.2) is 0 Å². The topological polar surface area (TPSA) is 32.3 Å². The average Bonchev–Trinajstić information content (AvgIpc) is 2.14. The molecule has 0 aromatic heterocycles. The van der Waals surface area contributed by atoms with Gasteiger partial charge in [0.2, 0.25) is 0 Å². The third-order valence-corrected chi connectivity index (χ3v) is 2.32. The number of nitrogens with one attached hydrogen (secondary N) is 1. The molecule has 0 aliphatic rings. The van der Waals surface area contributed by atoms with Crippen LogP contribution >= 0.6 is 0 Å². The van der Waals surface area contributed by atoms with Gasteiger partial charge in [-0.3, -0.25) is 0 Å². The van der Waals surface area contributed by atoms with Crippen LogP contribution in [0.4, 0.5) is 0 Å². The Morgan fingerprint density at radius 1 is 1.15 bits per heavy atom. The van der Waals surface area contributed by atoms with Crippen LogP contribution < -0.4 is 5.32 Å². The fourth-order valence-corrected chi connectivity index (χ4v) is 1.37. The van der Waals surface area contributed by atoms with E-state index in [2.05, 4.69) is 19.2 Å². The Balaban J connectivity index is 3.03. The molecule has 1 atom stereocenters. The molecule has 13 heavy (non-hydrogen) atoms. The van der Waals surface area contributed by atoms with Crippen LogP contribution in [0.3, 0.4) is 0 Å². The molecule has 80 valence electrons. The molecule has 2 nitrogen and oxygen atoms in total. The van der Waals surface area contributed by atoms with Gasteiger partial charge < -0.3 is 10.4 Å². The number of unbranched alkanes of at least 4 members (excludes halogenated alkanes) is 3. The van der Waals surface area contributed by atoms with Crippen molar-refractivity contribution in [2.75, 3.05) is 13.2 Å². The van der Waals surface area contributed by atoms with E-state index in [1.54, 1.807) is 0 Å². The van der Waals surface area contributed by atoms with E-state index >= 15 is 0 Å². The number of hydrogen-bond donors (Lipinski definition) is 2. The second kappa shape index (κ2) is 10.0. The molecule has 1 unspecified atom stereocenters. The first-order chi connectivity index (χ1) is 6.31. The maximum atomic E-state index is 8.57. The van der Waals surface area contributed by atoms with Crippen molar-refractivity contribution in [1.29, 1.82) is 0 Å². The maximum Gasteiger partial charge on any atom is 0.0431 e. The lowest BCUT2D eigenvalue weighted by Crippen LogP contribution is -2.26. The summed E-state index contributed by atoms with van der Waals surface area (Å²) in [6, 6.07) is 0.661. The molecule has 0 radical (unpaired) electrons. The molecule has 0 aliphatic heterocycles. The number of rotatable bonds is 9. The fraction of sp³-hybridized carbons (Fsp3) is 1.00. The first kappa shape index (κ1) is 12.9. The molecule has 0 amide bonds. The SMILES string of the molecule is CCCCC(C)NCCCCCO. The smallest absolute Gasteiger partial charge is 0.0431 e. The minimum Gasteiger partial charge on any atom is -0.396 e. The molecule has 0 bridgehead atoms. The van der Waals surface area contributed by atoms with Crippen molar-refractivity contribution in [3.63, 3.8) is 0 Å². The summed E-state index contributed by atoms with van der Waals surface area (Å²) in [5, 5.41) is 12.1. The molecule has 0 aromatic rings. The van der Waals surface area contributed by atoms with E-state index in [4.69, 9.17) is 5.11 Å². The first-order valence-corrected chi connectivity index (χ1v) is 5.65. The largest absolute Gasteiger partial charge is 0.396 e. The fourth-order valence-electron chi connectivity index (χ4n) is 1.37. The van der Waals surface area contributed by atoms with E-state index in [0.717, 1.165) is 19.4 Å². The van der Waals surface area contributed by atoms with Crippen LogP contribution in [-0.4, -0.2) is 24.3 Å². The summed E-state index contributed by atoms with van der Waals surface area (Å²) in [4.78, 5) is 0. The van der Waals surface area contributed by atoms with Gasteiger partial charge in [-0.05, 0) is 39.2 Å². The molecular formula is C11H25NO. The molecule has 0 fully saturated rings. The van der Waals surface area contributed by atoms with Crippen molar-refractivity contribution < 1.29 is 5.11 Å². The summed E-state index contributed by atoms with van der Waals surface area (Å²) in [7, 11) is 0. The van der Waals surface area contributed by atoms with Gasteiger partial charge in [0.25, 0.3) is 0 Å². The number of aliphatic hydroxyl groups excluding tert-OH is 1. The zero-order chi connectivity index (χ0) is 9.94. The summed E-state index contributed by atoms with van der Waals surface area (Å²) in [6.45, 7) is 5.92. The van der Waals surface area contributed by atoms with Crippen LogP contribution in [0.1, 0.15) is 52.4 Å². The predicted octanol–water partition coefficient (Wildman–Crippen LogP) is 2.32. The molecule has 0 aliphatic carbocycles. The monoisotopic (exact) mass is 187 g/mol. The molecule has 2 N–H and O–H groups in total. The summed E-state index contributed by atoms with van der Waals surface area (Å²) < 4.78 is 0. The Hall–Kier alpha value is -0.0800. The Labute approximate surface area is 82.7 Å². The van der Waals surface area contributed by atoms with Crippen LogP contribution in [0.25, 0.3) is 0 Å². The van der Waals surface area contributed by atoms with Gasteiger partial charge in [0.05, 0.1) is 0 Å². The van der Waals surface area contributed by atoms with Gasteiger partial charge in [-0.15, -0.1) is 0 Å². The molecule has 2 heteroatoms. The van der Waals surface area contributed by atoms with Gasteiger partial charge in [-0.2, -0.15) is 0 Å². The Morgan fingerprint density at radius 3 is 2.54 bits per heavy atom. The number of hydrogen-bond acceptors (Lipinski definition) is 2. The van der Waals surface area contributed by atoms with Gasteiger partial charge in [-0.1, -0.05) is 19.8 Å². The molecule has 0 rings (SSSR count). The second-order valence-corrected chi connectivity index (χ2v) is 3.78. The number of aliphatic hydroxyl groups is 1. The van der Waals surface area contributed by atoms with Crippen molar-refractivity contribution in [2.24, 2.45) is 0 Å². The highest BCUT2D eigenvalue weighted by Crippen LogP contribution is 2.00. The predicted molar refractivity (Wildman–Crippen MR) is 57.9 cm³/mol. The van der Waals surface area contributed by atoms with Gasteiger partial charge >= 0.3 is 0 Å². The molecule has 0 heterocycles. The average molecular weight is 187 g/mol. The lowest BCUT2D eigenvalue weighted by Gasteiger charge is -2.12. The van der Waals surface area contributed by atoms with Gasteiger partial charge in [0, 0.05) is 12.6 Å². The van der Waals surface area contributed by atoms with Crippen LogP contribution in [0.2, 0.25) is 0 Å². The van der Waals surface area contributed by atoms with Crippen molar-refractivity contribution in [3.05, 3.63) is 0 Å². The van der Waals surface area contributed by atoms with E-state index in [1.807, 2.05) is 0 Å². The van der Waals surface area contributed by atoms with Crippen molar-refractivity contribution in [3.8, 4) is 0 Å². The minimum absolute atomic E-state index is 0.339. The molecule has 0 spiro atoms. The van der Waals surface area contributed by atoms with E-state index in [9.17, 15) is 0 Å². The van der Waals surface area contributed by atoms with Crippen molar-refractivity contribution >= 4 is 0 Å². The normalized spacial score (nSPS) is 13.2. The summed E-state index contributed by atoms with van der Waals surface area (Å²) in [5.74, 6) is 0. The molecular weight excluding hydrogens is 162 g/mol. The van der Waals surface area contributed by atoms with Crippen LogP contribution in [0.15, 0.2) is 0 Å². The Morgan fingerprint density at radius 2 is 1.92 bits per heavy atom.